The fourth-order valence-corrected chi connectivity index (χ4v) is 2.12. The number of methoxy groups -OCH3 is 1. The molecule has 0 radical (unpaired) electrons. The smallest absolute Gasteiger partial charge is 0.307 e. The quantitative estimate of drug-likeness (QED) is 0.315. The molecule has 1 aromatic rings. The maximum atomic E-state index is 12.4. The van der Waals surface area contributed by atoms with Crippen LogP contribution in [0.4, 0.5) is 5.69 Å². The molecule has 130 valence electrons. The summed E-state index contributed by atoms with van der Waals surface area (Å²) < 4.78 is 4.59. The van der Waals surface area contributed by atoms with Crippen LogP contribution in [0, 0.1) is 16.0 Å². The van der Waals surface area contributed by atoms with Crippen LogP contribution in [0.25, 0.3) is 6.08 Å². The van der Waals surface area contributed by atoms with E-state index in [9.17, 15) is 19.7 Å². The van der Waals surface area contributed by atoms with Crippen LogP contribution >= 0.6 is 0 Å². The topological polar surface area (TPSA) is 89.8 Å². The normalized spacial score (nSPS) is 10.8. The molecule has 0 bridgehead atoms. The average molecular weight is 334 g/mol. The van der Waals surface area contributed by atoms with Gasteiger partial charge in [-0.1, -0.05) is 26.0 Å². The number of nitrogens with zero attached hydrogens (tertiary/aromatic N) is 2. The van der Waals surface area contributed by atoms with E-state index < -0.39 is 4.92 Å². The number of nitro benzene ring substituents is 1. The summed E-state index contributed by atoms with van der Waals surface area (Å²) in [6.07, 6.45) is 2.82. The molecule has 0 unspecified atom stereocenters. The van der Waals surface area contributed by atoms with Gasteiger partial charge in [-0.3, -0.25) is 19.7 Å². The lowest BCUT2D eigenvalue weighted by molar-refractivity contribution is -0.385. The van der Waals surface area contributed by atoms with E-state index in [4.69, 9.17) is 0 Å². The standard InChI is InChI=1S/C17H22N2O5/c1-13(2)12-18(11-10-17(21)24-3)16(20)9-8-14-6-4-5-7-15(14)19(22)23/h4-9,13H,10-12H2,1-3H3. The first-order chi connectivity index (χ1) is 11.3. The third-order valence-electron chi connectivity index (χ3n) is 3.25. The molecular formula is C17H22N2O5. The van der Waals surface area contributed by atoms with Crippen LogP contribution in [0.3, 0.4) is 0 Å². The fourth-order valence-electron chi connectivity index (χ4n) is 2.12. The molecule has 0 saturated heterocycles. The third kappa shape index (κ3) is 6.20. The summed E-state index contributed by atoms with van der Waals surface area (Å²) in [6, 6.07) is 6.19. The van der Waals surface area contributed by atoms with Gasteiger partial charge in [-0.2, -0.15) is 0 Å². The zero-order valence-corrected chi connectivity index (χ0v) is 14.1. The Balaban J connectivity index is 2.87. The predicted molar refractivity (Wildman–Crippen MR) is 90.2 cm³/mol. The monoisotopic (exact) mass is 334 g/mol. The average Bonchev–Trinajstić information content (AvgIpc) is 2.55. The number of esters is 1. The number of carbonyl (C=O) groups is 2. The number of ether oxygens (including phenoxy) is 1. The molecule has 0 aliphatic heterocycles. The van der Waals surface area contributed by atoms with Crippen molar-refractivity contribution < 1.29 is 19.2 Å². The van der Waals surface area contributed by atoms with E-state index in [1.165, 1.54) is 30.2 Å². The summed E-state index contributed by atoms with van der Waals surface area (Å²) in [5.41, 5.74) is 0.292. The summed E-state index contributed by atoms with van der Waals surface area (Å²) >= 11 is 0. The Morgan fingerprint density at radius 3 is 2.58 bits per heavy atom. The Morgan fingerprint density at radius 1 is 1.33 bits per heavy atom. The highest BCUT2D eigenvalue weighted by Crippen LogP contribution is 2.19. The van der Waals surface area contributed by atoms with Crippen molar-refractivity contribution in [2.75, 3.05) is 20.2 Å². The van der Waals surface area contributed by atoms with Crippen molar-refractivity contribution in [3.63, 3.8) is 0 Å². The number of rotatable bonds is 8. The molecule has 1 aromatic carbocycles. The summed E-state index contributed by atoms with van der Waals surface area (Å²) in [6.45, 7) is 4.65. The van der Waals surface area contributed by atoms with Crippen molar-refractivity contribution in [2.24, 2.45) is 5.92 Å². The third-order valence-corrected chi connectivity index (χ3v) is 3.25. The second-order valence-corrected chi connectivity index (χ2v) is 5.65. The predicted octanol–water partition coefficient (Wildman–Crippen LogP) is 2.66. The number of hydrogen-bond acceptors (Lipinski definition) is 5. The van der Waals surface area contributed by atoms with Gasteiger partial charge in [-0.05, 0) is 18.1 Å². The second kappa shape index (κ2) is 9.44. The number of carbonyl (C=O) groups excluding carboxylic acids is 2. The zero-order valence-electron chi connectivity index (χ0n) is 14.1. The molecule has 0 heterocycles. The highest BCUT2D eigenvalue weighted by atomic mass is 16.6. The second-order valence-electron chi connectivity index (χ2n) is 5.65. The number of amides is 1. The van der Waals surface area contributed by atoms with Gasteiger partial charge >= 0.3 is 5.97 Å². The van der Waals surface area contributed by atoms with Gasteiger partial charge in [0.25, 0.3) is 5.69 Å². The van der Waals surface area contributed by atoms with Gasteiger partial charge in [-0.15, -0.1) is 0 Å². The molecule has 7 nitrogen and oxygen atoms in total. The molecule has 7 heteroatoms. The minimum atomic E-state index is -0.493. The zero-order chi connectivity index (χ0) is 18.1. The maximum absolute atomic E-state index is 12.4. The SMILES string of the molecule is COC(=O)CCN(CC(C)C)C(=O)C=Cc1ccccc1[N+](=O)[O-]. The van der Waals surface area contributed by atoms with Crippen molar-refractivity contribution in [1.82, 2.24) is 4.90 Å². The molecule has 1 amide bonds. The van der Waals surface area contributed by atoms with E-state index >= 15 is 0 Å². The van der Waals surface area contributed by atoms with Crippen LogP contribution in [-0.2, 0) is 14.3 Å². The van der Waals surface area contributed by atoms with Crippen LogP contribution in [0.15, 0.2) is 30.3 Å². The molecule has 24 heavy (non-hydrogen) atoms. The molecule has 0 fully saturated rings. The van der Waals surface area contributed by atoms with Gasteiger partial charge in [0.2, 0.25) is 5.91 Å². The van der Waals surface area contributed by atoms with E-state index in [-0.39, 0.29) is 36.4 Å². The fraction of sp³-hybridized carbons (Fsp3) is 0.412. The van der Waals surface area contributed by atoms with Gasteiger partial charge in [0.05, 0.1) is 24.0 Å². The van der Waals surface area contributed by atoms with Crippen molar-refractivity contribution in [2.45, 2.75) is 20.3 Å². The minimum Gasteiger partial charge on any atom is -0.469 e. The molecule has 0 atom stereocenters. The number of benzene rings is 1. The van der Waals surface area contributed by atoms with Crippen molar-refractivity contribution >= 4 is 23.6 Å². The molecular weight excluding hydrogens is 312 g/mol. The summed E-state index contributed by atoms with van der Waals surface area (Å²) in [5.74, 6) is -0.462. The first kappa shape index (κ1) is 19.3. The van der Waals surface area contributed by atoms with Crippen molar-refractivity contribution in [3.8, 4) is 0 Å². The molecule has 0 N–H and O–H groups in total. The Bertz CT molecular complexity index is 625. The van der Waals surface area contributed by atoms with Gasteiger partial charge in [0, 0.05) is 25.2 Å². The van der Waals surface area contributed by atoms with E-state index in [0.29, 0.717) is 12.1 Å². The molecule has 0 aliphatic rings. The van der Waals surface area contributed by atoms with Crippen LogP contribution in [-0.4, -0.2) is 41.9 Å². The van der Waals surface area contributed by atoms with Crippen LogP contribution in [0.2, 0.25) is 0 Å². The number of para-hydroxylation sites is 1. The summed E-state index contributed by atoms with van der Waals surface area (Å²) in [5, 5.41) is 11.0. The van der Waals surface area contributed by atoms with Gasteiger partial charge in [0.1, 0.15) is 0 Å². The lowest BCUT2D eigenvalue weighted by Crippen LogP contribution is -2.34. The highest BCUT2D eigenvalue weighted by Gasteiger charge is 2.15. The lowest BCUT2D eigenvalue weighted by Gasteiger charge is -2.22. The number of nitro groups is 1. The summed E-state index contributed by atoms with van der Waals surface area (Å²) in [4.78, 5) is 35.6. The molecule has 0 aliphatic carbocycles. The van der Waals surface area contributed by atoms with E-state index in [1.54, 1.807) is 18.2 Å². The van der Waals surface area contributed by atoms with Crippen LogP contribution < -0.4 is 0 Å². The lowest BCUT2D eigenvalue weighted by atomic mass is 10.1. The Morgan fingerprint density at radius 2 is 2.00 bits per heavy atom. The molecule has 0 aromatic heterocycles. The number of hydrogen-bond donors (Lipinski definition) is 0. The van der Waals surface area contributed by atoms with Gasteiger partial charge in [0.15, 0.2) is 0 Å². The Labute approximate surface area is 141 Å². The molecule has 0 saturated carbocycles. The first-order valence-electron chi connectivity index (χ1n) is 7.62. The highest BCUT2D eigenvalue weighted by molar-refractivity contribution is 5.92. The van der Waals surface area contributed by atoms with Gasteiger partial charge in [-0.25, -0.2) is 0 Å². The first-order valence-corrected chi connectivity index (χ1v) is 7.62. The van der Waals surface area contributed by atoms with Crippen molar-refractivity contribution in [1.29, 1.82) is 0 Å². The van der Waals surface area contributed by atoms with Crippen LogP contribution in [0.1, 0.15) is 25.8 Å². The van der Waals surface area contributed by atoms with Crippen LogP contribution in [0.5, 0.6) is 0 Å². The van der Waals surface area contributed by atoms with Crippen molar-refractivity contribution in [3.05, 3.63) is 46.0 Å². The van der Waals surface area contributed by atoms with E-state index in [1.807, 2.05) is 13.8 Å². The van der Waals surface area contributed by atoms with E-state index in [0.717, 1.165) is 0 Å². The Kier molecular flexibility index (Phi) is 7.61. The molecule has 0 spiro atoms. The van der Waals surface area contributed by atoms with E-state index in [2.05, 4.69) is 4.74 Å². The van der Waals surface area contributed by atoms with Gasteiger partial charge < -0.3 is 9.64 Å². The minimum absolute atomic E-state index is 0.0634. The molecule has 1 rings (SSSR count). The maximum Gasteiger partial charge on any atom is 0.307 e. The Hall–Kier alpha value is -2.70. The summed E-state index contributed by atoms with van der Waals surface area (Å²) in [7, 11) is 1.30. The largest absolute Gasteiger partial charge is 0.469 e.